The van der Waals surface area contributed by atoms with Crippen molar-refractivity contribution in [2.24, 2.45) is 52.3 Å². The van der Waals surface area contributed by atoms with Gasteiger partial charge in [-0.05, 0) is 85.4 Å². The van der Waals surface area contributed by atoms with Crippen LogP contribution in [0.4, 0.5) is 0 Å². The van der Waals surface area contributed by atoms with Gasteiger partial charge < -0.3 is 74.4 Å². The number of hydrogen-bond acceptors (Lipinski definition) is 15. The summed E-state index contributed by atoms with van der Waals surface area (Å²) < 4.78 is 37.1. The second-order valence-electron chi connectivity index (χ2n) is 18.9. The van der Waals surface area contributed by atoms with Crippen molar-refractivity contribution in [1.29, 1.82) is 0 Å². The zero-order chi connectivity index (χ0) is 38.6. The van der Waals surface area contributed by atoms with Gasteiger partial charge in [0.25, 0.3) is 0 Å². The molecule has 4 aliphatic carbocycles. The van der Waals surface area contributed by atoms with Gasteiger partial charge in [0.05, 0.1) is 44.2 Å². The zero-order valence-electron chi connectivity index (χ0n) is 31.9. The van der Waals surface area contributed by atoms with E-state index >= 15 is 0 Å². The Kier molecular flexibility index (Phi) is 10.9. The van der Waals surface area contributed by atoms with Gasteiger partial charge in [-0.2, -0.15) is 0 Å². The first kappa shape index (κ1) is 40.2. The minimum absolute atomic E-state index is 0.00359. The van der Waals surface area contributed by atoms with Crippen molar-refractivity contribution in [2.75, 3.05) is 19.8 Å². The van der Waals surface area contributed by atoms with Crippen LogP contribution in [0.15, 0.2) is 0 Å². The Bertz CT molecular complexity index is 1340. The van der Waals surface area contributed by atoms with Crippen LogP contribution in [-0.4, -0.2) is 157 Å². The van der Waals surface area contributed by atoms with Crippen LogP contribution in [-0.2, 0) is 28.4 Å². The second kappa shape index (κ2) is 14.6. The zero-order valence-corrected chi connectivity index (χ0v) is 31.9. The lowest BCUT2D eigenvalue weighted by Gasteiger charge is -2.62. The molecule has 0 aromatic rings. The highest BCUT2D eigenvalue weighted by Crippen LogP contribution is 2.71. The van der Waals surface area contributed by atoms with Crippen molar-refractivity contribution in [2.45, 2.75) is 171 Å². The molecule has 8 aliphatic rings. The maximum atomic E-state index is 11.4. The smallest absolute Gasteiger partial charge is 0.186 e. The van der Waals surface area contributed by atoms with Crippen LogP contribution in [0, 0.1) is 52.3 Å². The molecule has 0 aromatic carbocycles. The molecule has 0 amide bonds. The standard InChI is InChI=1S/C39H64O15/c1-16-14-50-39(12-24(16)51-36-34(48)32(46)30(44)26(53-36)15-49-35-33(47)31(45)29(43)25(13-40)52-35)17(2)28-23(54-39)11-22-20-6-5-18-9-19(41)10-27(42)38(18,4)21(20)7-8-37(22,28)3/h16-36,40-48H,5-15H2,1-4H3/t16-,17+,18?,19-,20?,21?,22?,23?,24+,25-,26-,27-,28?,29-,30-,31+,32+,33-,34-,35-,36-,37+,38+,39+/m1/s1. The van der Waals surface area contributed by atoms with E-state index in [1.54, 1.807) is 0 Å². The molecule has 1 spiro atoms. The van der Waals surface area contributed by atoms with Crippen molar-refractivity contribution in [1.82, 2.24) is 0 Å². The molecule has 4 saturated heterocycles. The highest BCUT2D eigenvalue weighted by molar-refractivity contribution is 5.16. The van der Waals surface area contributed by atoms with Crippen LogP contribution in [0.5, 0.6) is 0 Å². The summed E-state index contributed by atoms with van der Waals surface area (Å²) in [5.74, 6) is 1.01. The highest BCUT2D eigenvalue weighted by atomic mass is 16.7. The van der Waals surface area contributed by atoms with Gasteiger partial charge in [-0.15, -0.1) is 0 Å². The topological polar surface area (TPSA) is 237 Å². The van der Waals surface area contributed by atoms with Crippen LogP contribution in [0.3, 0.4) is 0 Å². The first-order valence-electron chi connectivity index (χ1n) is 20.5. The molecule has 6 unspecified atom stereocenters. The van der Waals surface area contributed by atoms with Crippen molar-refractivity contribution < 1.29 is 74.4 Å². The fraction of sp³-hybridized carbons (Fsp3) is 1.00. The Labute approximate surface area is 316 Å². The lowest BCUT2D eigenvalue weighted by atomic mass is 9.43. The van der Waals surface area contributed by atoms with Gasteiger partial charge in [-0.1, -0.05) is 27.7 Å². The number of aliphatic hydroxyl groups is 9. The third kappa shape index (κ3) is 6.18. The molecule has 24 atom stereocenters. The molecule has 8 fully saturated rings. The second-order valence-corrected chi connectivity index (χ2v) is 18.9. The molecule has 0 radical (unpaired) electrons. The van der Waals surface area contributed by atoms with Gasteiger partial charge in [0.2, 0.25) is 0 Å². The van der Waals surface area contributed by atoms with E-state index in [2.05, 4.69) is 20.8 Å². The van der Waals surface area contributed by atoms with Crippen molar-refractivity contribution in [3.63, 3.8) is 0 Å². The summed E-state index contributed by atoms with van der Waals surface area (Å²) in [6, 6.07) is 0. The van der Waals surface area contributed by atoms with E-state index in [0.717, 1.165) is 38.5 Å². The monoisotopic (exact) mass is 772 g/mol. The summed E-state index contributed by atoms with van der Waals surface area (Å²) in [6.45, 7) is 8.20. The molecule has 4 aliphatic heterocycles. The lowest BCUT2D eigenvalue weighted by molar-refractivity contribution is -0.353. The first-order chi connectivity index (χ1) is 25.5. The van der Waals surface area contributed by atoms with Crippen LogP contribution in [0.2, 0.25) is 0 Å². The van der Waals surface area contributed by atoms with Gasteiger partial charge >= 0.3 is 0 Å². The number of fused-ring (bicyclic) bond motifs is 7. The van der Waals surface area contributed by atoms with Crippen molar-refractivity contribution in [3.05, 3.63) is 0 Å². The van der Waals surface area contributed by atoms with E-state index in [-0.39, 0.29) is 34.7 Å². The SMILES string of the molecule is C[C@@H]1CO[C@@]2(C[C@@H]1O[C@@H]1O[C@H](CO[C@@H]3O[C@H](CO)[C@@H](O)[C@H](O)[C@H]3O)[C@@H](O)[C@H](O)[C@H]1O)OC1CC3C4CCC5C[C@@H](O)C[C@@H](O)[C@]5(C)C4CC[C@]3(C)C1[C@@H]2C. The molecule has 310 valence electrons. The Morgan fingerprint density at radius 2 is 1.43 bits per heavy atom. The molecule has 8 rings (SSSR count). The molecule has 4 heterocycles. The molecular weight excluding hydrogens is 708 g/mol. The predicted octanol–water partition coefficient (Wildman–Crippen LogP) is -0.616. The van der Waals surface area contributed by atoms with Gasteiger partial charge in [-0.25, -0.2) is 0 Å². The quantitative estimate of drug-likeness (QED) is 0.164. The summed E-state index contributed by atoms with van der Waals surface area (Å²) >= 11 is 0. The average molecular weight is 773 g/mol. The van der Waals surface area contributed by atoms with Gasteiger partial charge in [0, 0.05) is 18.3 Å². The van der Waals surface area contributed by atoms with Crippen LogP contribution >= 0.6 is 0 Å². The largest absolute Gasteiger partial charge is 0.394 e. The average Bonchev–Trinajstić information content (AvgIpc) is 3.58. The van der Waals surface area contributed by atoms with Crippen LogP contribution in [0.25, 0.3) is 0 Å². The van der Waals surface area contributed by atoms with E-state index in [1.807, 2.05) is 6.92 Å². The minimum Gasteiger partial charge on any atom is -0.394 e. The third-order valence-corrected chi connectivity index (χ3v) is 16.4. The molecule has 54 heavy (non-hydrogen) atoms. The van der Waals surface area contributed by atoms with E-state index in [0.29, 0.717) is 43.1 Å². The number of aliphatic hydroxyl groups excluding tert-OH is 9. The number of ether oxygens (including phenoxy) is 6. The van der Waals surface area contributed by atoms with Crippen molar-refractivity contribution in [3.8, 4) is 0 Å². The summed E-state index contributed by atoms with van der Waals surface area (Å²) in [7, 11) is 0. The molecular formula is C39H64O15. The van der Waals surface area contributed by atoms with Gasteiger partial charge in [-0.3, -0.25) is 0 Å². The van der Waals surface area contributed by atoms with E-state index in [9.17, 15) is 46.0 Å². The third-order valence-electron chi connectivity index (χ3n) is 16.4. The Balaban J connectivity index is 0.935. The highest BCUT2D eigenvalue weighted by Gasteiger charge is 2.70. The molecule has 4 saturated carbocycles. The fourth-order valence-electron chi connectivity index (χ4n) is 13.2. The fourth-order valence-corrected chi connectivity index (χ4v) is 13.2. The van der Waals surface area contributed by atoms with Gasteiger partial charge in [0.1, 0.15) is 48.8 Å². The Morgan fingerprint density at radius 3 is 2.15 bits per heavy atom. The summed E-state index contributed by atoms with van der Waals surface area (Å²) in [5, 5.41) is 94.6. The van der Waals surface area contributed by atoms with E-state index in [4.69, 9.17) is 28.4 Å². The number of rotatable bonds is 6. The Morgan fingerprint density at radius 1 is 0.741 bits per heavy atom. The Hall–Kier alpha value is -0.600. The van der Waals surface area contributed by atoms with Crippen LogP contribution in [0.1, 0.15) is 79.1 Å². The maximum absolute atomic E-state index is 11.4. The lowest BCUT2D eigenvalue weighted by Crippen LogP contribution is -2.62. The molecule has 0 bridgehead atoms. The van der Waals surface area contributed by atoms with Crippen molar-refractivity contribution >= 4 is 0 Å². The number of hydrogen-bond donors (Lipinski definition) is 9. The first-order valence-corrected chi connectivity index (χ1v) is 20.5. The molecule has 9 N–H and O–H groups in total. The molecule has 15 heteroatoms. The van der Waals surface area contributed by atoms with E-state index in [1.165, 1.54) is 0 Å². The maximum Gasteiger partial charge on any atom is 0.186 e. The molecule has 15 nitrogen and oxygen atoms in total. The normalized spacial score (nSPS) is 60.1. The van der Waals surface area contributed by atoms with E-state index < -0.39 is 98.7 Å². The summed E-state index contributed by atoms with van der Waals surface area (Å²) in [6.07, 6.45) is -9.55. The van der Waals surface area contributed by atoms with Crippen LogP contribution < -0.4 is 0 Å². The molecule has 0 aromatic heterocycles. The summed E-state index contributed by atoms with van der Waals surface area (Å²) in [4.78, 5) is 0. The minimum atomic E-state index is -1.66. The summed E-state index contributed by atoms with van der Waals surface area (Å²) in [5.41, 5.74) is -0.139. The predicted molar refractivity (Wildman–Crippen MR) is 186 cm³/mol. The van der Waals surface area contributed by atoms with Gasteiger partial charge in [0.15, 0.2) is 18.4 Å².